The molecule has 0 aliphatic carbocycles. The van der Waals surface area contributed by atoms with Gasteiger partial charge in [0, 0.05) is 31.9 Å². The molecule has 148 valence electrons. The van der Waals surface area contributed by atoms with Gasteiger partial charge in [0.25, 0.3) is 0 Å². The lowest BCUT2D eigenvalue weighted by molar-refractivity contribution is -0.115. The monoisotopic (exact) mass is 389 g/mol. The molecule has 5 heteroatoms. The van der Waals surface area contributed by atoms with Gasteiger partial charge in [-0.3, -0.25) is 4.79 Å². The number of amides is 1. The Morgan fingerprint density at radius 3 is 2.14 bits per heavy atom. The molecule has 1 amide bonds. The third-order valence-electron chi connectivity index (χ3n) is 5.20. The van der Waals surface area contributed by atoms with E-state index in [1.807, 2.05) is 66.7 Å². The summed E-state index contributed by atoms with van der Waals surface area (Å²) in [4.78, 5) is 17.1. The first-order valence-corrected chi connectivity index (χ1v) is 9.87. The van der Waals surface area contributed by atoms with Crippen molar-refractivity contribution in [1.29, 1.82) is 0 Å². The number of para-hydroxylation sites is 2. The fourth-order valence-corrected chi connectivity index (χ4v) is 3.69. The number of halogens is 1. The maximum atomic E-state index is 13.2. The summed E-state index contributed by atoms with van der Waals surface area (Å²) in [6, 6.07) is 24.3. The molecule has 0 radical (unpaired) electrons. The van der Waals surface area contributed by atoms with Crippen LogP contribution in [0.4, 0.5) is 21.5 Å². The van der Waals surface area contributed by atoms with Crippen molar-refractivity contribution in [3.05, 3.63) is 90.2 Å². The van der Waals surface area contributed by atoms with Gasteiger partial charge < -0.3 is 15.1 Å². The summed E-state index contributed by atoms with van der Waals surface area (Å²) in [7, 11) is 0. The molecule has 1 aliphatic heterocycles. The minimum Gasteiger partial charge on any atom is -0.368 e. The largest absolute Gasteiger partial charge is 0.368 e. The van der Waals surface area contributed by atoms with Gasteiger partial charge >= 0.3 is 0 Å². The highest BCUT2D eigenvalue weighted by Gasteiger charge is 2.20. The zero-order valence-electron chi connectivity index (χ0n) is 16.2. The first-order valence-electron chi connectivity index (χ1n) is 9.87. The molecular formula is C24H24FN3O. The molecule has 29 heavy (non-hydrogen) atoms. The van der Waals surface area contributed by atoms with Gasteiger partial charge in [0.15, 0.2) is 0 Å². The van der Waals surface area contributed by atoms with Crippen molar-refractivity contribution in [2.45, 2.75) is 6.42 Å². The molecule has 4 nitrogen and oxygen atoms in total. The highest BCUT2D eigenvalue weighted by atomic mass is 19.1. The van der Waals surface area contributed by atoms with E-state index in [9.17, 15) is 9.18 Å². The van der Waals surface area contributed by atoms with Crippen molar-refractivity contribution >= 4 is 23.0 Å². The van der Waals surface area contributed by atoms with E-state index in [4.69, 9.17) is 0 Å². The summed E-state index contributed by atoms with van der Waals surface area (Å²) >= 11 is 0. The number of anilines is 3. The van der Waals surface area contributed by atoms with Gasteiger partial charge in [0.1, 0.15) is 5.82 Å². The maximum absolute atomic E-state index is 13.2. The molecule has 0 bridgehead atoms. The van der Waals surface area contributed by atoms with E-state index < -0.39 is 0 Å². The van der Waals surface area contributed by atoms with E-state index in [1.54, 1.807) is 0 Å². The van der Waals surface area contributed by atoms with Crippen LogP contribution < -0.4 is 15.1 Å². The second-order valence-corrected chi connectivity index (χ2v) is 7.18. The van der Waals surface area contributed by atoms with E-state index in [0.717, 1.165) is 48.8 Å². The molecule has 3 aromatic rings. The van der Waals surface area contributed by atoms with Crippen LogP contribution in [0.25, 0.3) is 0 Å². The quantitative estimate of drug-likeness (QED) is 0.705. The molecule has 0 atom stereocenters. The van der Waals surface area contributed by atoms with Crippen molar-refractivity contribution in [3.8, 4) is 0 Å². The number of rotatable bonds is 5. The summed E-state index contributed by atoms with van der Waals surface area (Å²) in [6.45, 7) is 3.36. The van der Waals surface area contributed by atoms with Gasteiger partial charge in [-0.15, -0.1) is 0 Å². The minimum absolute atomic E-state index is 0.0198. The van der Waals surface area contributed by atoms with E-state index in [1.165, 1.54) is 12.1 Å². The van der Waals surface area contributed by atoms with Crippen LogP contribution in [0.5, 0.6) is 0 Å². The standard InChI is InChI=1S/C24H24FN3O/c25-20-10-12-21(13-11-20)27-14-16-28(17-15-27)23-9-5-4-8-22(23)26-24(29)18-19-6-2-1-3-7-19/h1-13H,14-18H2,(H,26,29). The van der Waals surface area contributed by atoms with Crippen molar-refractivity contribution in [1.82, 2.24) is 0 Å². The normalized spacial score (nSPS) is 14.0. The molecule has 0 saturated carbocycles. The highest BCUT2D eigenvalue weighted by molar-refractivity contribution is 5.95. The number of piperazine rings is 1. The van der Waals surface area contributed by atoms with Crippen LogP contribution in [-0.4, -0.2) is 32.1 Å². The van der Waals surface area contributed by atoms with E-state index >= 15 is 0 Å². The predicted octanol–water partition coefficient (Wildman–Crippen LogP) is 4.33. The van der Waals surface area contributed by atoms with Gasteiger partial charge in [0.05, 0.1) is 17.8 Å². The summed E-state index contributed by atoms with van der Waals surface area (Å²) in [5.41, 5.74) is 3.90. The average molecular weight is 389 g/mol. The molecule has 1 N–H and O–H groups in total. The van der Waals surface area contributed by atoms with E-state index in [2.05, 4.69) is 15.1 Å². The summed E-state index contributed by atoms with van der Waals surface area (Å²) in [5.74, 6) is -0.235. The van der Waals surface area contributed by atoms with Gasteiger partial charge in [-0.05, 0) is 42.0 Å². The van der Waals surface area contributed by atoms with Crippen LogP contribution in [0, 0.1) is 5.82 Å². The zero-order chi connectivity index (χ0) is 20.1. The Bertz CT molecular complexity index is 951. The number of hydrogen-bond donors (Lipinski definition) is 1. The molecule has 4 rings (SSSR count). The second kappa shape index (κ2) is 8.78. The number of nitrogens with one attached hydrogen (secondary N) is 1. The van der Waals surface area contributed by atoms with Crippen LogP contribution >= 0.6 is 0 Å². The lowest BCUT2D eigenvalue weighted by Crippen LogP contribution is -2.46. The fourth-order valence-electron chi connectivity index (χ4n) is 3.69. The predicted molar refractivity (Wildman–Crippen MR) is 116 cm³/mol. The number of carbonyl (C=O) groups is 1. The van der Waals surface area contributed by atoms with Crippen LogP contribution in [-0.2, 0) is 11.2 Å². The fraction of sp³-hybridized carbons (Fsp3) is 0.208. The van der Waals surface area contributed by atoms with Crippen molar-refractivity contribution in [2.24, 2.45) is 0 Å². The Morgan fingerprint density at radius 1 is 0.793 bits per heavy atom. The van der Waals surface area contributed by atoms with E-state index in [0.29, 0.717) is 6.42 Å². The highest BCUT2D eigenvalue weighted by Crippen LogP contribution is 2.28. The number of benzene rings is 3. The lowest BCUT2D eigenvalue weighted by atomic mass is 10.1. The van der Waals surface area contributed by atoms with Crippen molar-refractivity contribution < 1.29 is 9.18 Å². The Hall–Kier alpha value is -3.34. The van der Waals surface area contributed by atoms with Crippen LogP contribution in [0.2, 0.25) is 0 Å². The number of carbonyl (C=O) groups excluding carboxylic acids is 1. The SMILES string of the molecule is O=C(Cc1ccccc1)Nc1ccccc1N1CCN(c2ccc(F)cc2)CC1. The van der Waals surface area contributed by atoms with E-state index in [-0.39, 0.29) is 11.7 Å². The Balaban J connectivity index is 1.41. The average Bonchev–Trinajstić information content (AvgIpc) is 2.75. The van der Waals surface area contributed by atoms with Crippen molar-refractivity contribution in [2.75, 3.05) is 41.3 Å². The summed E-state index contributed by atoms with van der Waals surface area (Å²) in [5, 5.41) is 3.07. The Morgan fingerprint density at radius 2 is 1.41 bits per heavy atom. The molecule has 1 saturated heterocycles. The maximum Gasteiger partial charge on any atom is 0.228 e. The summed E-state index contributed by atoms with van der Waals surface area (Å²) < 4.78 is 13.2. The molecular weight excluding hydrogens is 365 g/mol. The third kappa shape index (κ3) is 4.74. The molecule has 1 fully saturated rings. The Labute approximate surface area is 170 Å². The topological polar surface area (TPSA) is 35.6 Å². The van der Waals surface area contributed by atoms with Gasteiger partial charge in [-0.1, -0.05) is 42.5 Å². The van der Waals surface area contributed by atoms with Gasteiger partial charge in [-0.25, -0.2) is 4.39 Å². The van der Waals surface area contributed by atoms with Gasteiger partial charge in [-0.2, -0.15) is 0 Å². The third-order valence-corrected chi connectivity index (χ3v) is 5.20. The molecule has 0 aromatic heterocycles. The first-order chi connectivity index (χ1) is 14.2. The van der Waals surface area contributed by atoms with Crippen LogP contribution in [0.3, 0.4) is 0 Å². The second-order valence-electron chi connectivity index (χ2n) is 7.18. The number of hydrogen-bond acceptors (Lipinski definition) is 3. The molecule has 0 unspecified atom stereocenters. The molecule has 1 aliphatic rings. The first kappa shape index (κ1) is 19.0. The molecule has 0 spiro atoms. The van der Waals surface area contributed by atoms with Crippen LogP contribution in [0.1, 0.15) is 5.56 Å². The lowest BCUT2D eigenvalue weighted by Gasteiger charge is -2.38. The minimum atomic E-state index is -0.215. The molecule has 3 aromatic carbocycles. The smallest absolute Gasteiger partial charge is 0.228 e. The number of nitrogens with zero attached hydrogens (tertiary/aromatic N) is 2. The zero-order valence-corrected chi connectivity index (χ0v) is 16.2. The molecule has 1 heterocycles. The van der Waals surface area contributed by atoms with Gasteiger partial charge in [0.2, 0.25) is 5.91 Å². The Kier molecular flexibility index (Phi) is 5.75. The van der Waals surface area contributed by atoms with Crippen molar-refractivity contribution in [3.63, 3.8) is 0 Å². The summed E-state index contributed by atoms with van der Waals surface area (Å²) in [6.07, 6.45) is 0.355. The van der Waals surface area contributed by atoms with Crippen LogP contribution in [0.15, 0.2) is 78.9 Å².